The summed E-state index contributed by atoms with van der Waals surface area (Å²) in [4.78, 5) is 1.19. The van der Waals surface area contributed by atoms with Crippen molar-refractivity contribution in [1.29, 1.82) is 0 Å². The molecule has 0 fully saturated rings. The van der Waals surface area contributed by atoms with Crippen molar-refractivity contribution in [2.75, 3.05) is 11.3 Å². The maximum atomic E-state index is 12.5. The minimum atomic E-state index is -3.53. The topological polar surface area (TPSA) is 58.2 Å². The third-order valence-corrected chi connectivity index (χ3v) is 6.04. The normalized spacial score (nSPS) is 11.5. The van der Waals surface area contributed by atoms with E-state index in [-0.39, 0.29) is 0 Å². The van der Waals surface area contributed by atoms with Gasteiger partial charge in [-0.05, 0) is 71.3 Å². The third-order valence-electron chi connectivity index (χ3n) is 2.80. The first kappa shape index (κ1) is 16.7. The molecule has 0 atom stereocenters. The number of hydrogen-bond acceptors (Lipinski definition) is 4. The predicted molar refractivity (Wildman–Crippen MR) is 96.3 cm³/mol. The smallest absolute Gasteiger partial charge is 0.263 e. The second-order valence-corrected chi connectivity index (χ2v) is 8.39. The number of hydrogen-bond donors (Lipinski definition) is 2. The lowest BCUT2D eigenvalue weighted by atomic mass is 10.3. The maximum absolute atomic E-state index is 12.5. The van der Waals surface area contributed by atoms with E-state index in [1.165, 1.54) is 11.3 Å². The Morgan fingerprint density at radius 2 is 1.90 bits per heavy atom. The lowest BCUT2D eigenvalue weighted by Crippen LogP contribution is -2.18. The quantitative estimate of drug-likeness (QED) is 0.515. The first-order valence-corrected chi connectivity index (χ1v) is 10.0. The second kappa shape index (κ2) is 7.57. The van der Waals surface area contributed by atoms with Crippen molar-refractivity contribution in [1.82, 2.24) is 5.32 Å². The lowest BCUT2D eigenvalue weighted by molar-refractivity contribution is 0.599. The van der Waals surface area contributed by atoms with Crippen molar-refractivity contribution >= 4 is 49.6 Å². The molecule has 1 heterocycles. The van der Waals surface area contributed by atoms with Gasteiger partial charge in [-0.2, -0.15) is 0 Å². The van der Waals surface area contributed by atoms with Gasteiger partial charge in [0.05, 0.1) is 0 Å². The molecule has 0 aliphatic rings. The molecule has 0 spiro atoms. The number of thiophene rings is 1. The molecule has 0 saturated carbocycles. The van der Waals surface area contributed by atoms with Gasteiger partial charge in [0.2, 0.25) is 0 Å². The number of anilines is 1. The Kier molecular flexibility index (Phi) is 6.03. The molecule has 21 heavy (non-hydrogen) atoms. The molecule has 0 radical (unpaired) electrons. The molecule has 2 N–H and O–H groups in total. The Morgan fingerprint density at radius 3 is 2.57 bits per heavy atom. The number of halogens is 1. The van der Waals surface area contributed by atoms with Crippen LogP contribution in [-0.2, 0) is 16.6 Å². The highest BCUT2D eigenvalue weighted by atomic mass is 127. The minimum Gasteiger partial charge on any atom is -0.312 e. The van der Waals surface area contributed by atoms with Gasteiger partial charge < -0.3 is 5.32 Å². The highest BCUT2D eigenvalue weighted by Crippen LogP contribution is 2.24. The van der Waals surface area contributed by atoms with Gasteiger partial charge in [-0.25, -0.2) is 8.42 Å². The average Bonchev–Trinajstić information content (AvgIpc) is 2.91. The van der Waals surface area contributed by atoms with Crippen LogP contribution in [0.1, 0.15) is 18.2 Å². The van der Waals surface area contributed by atoms with Crippen LogP contribution in [0.15, 0.2) is 40.6 Å². The van der Waals surface area contributed by atoms with E-state index in [4.69, 9.17) is 0 Å². The van der Waals surface area contributed by atoms with Crippen molar-refractivity contribution in [2.45, 2.75) is 24.8 Å². The zero-order chi connectivity index (χ0) is 15.3. The average molecular weight is 436 g/mol. The monoisotopic (exact) mass is 436 g/mol. The Balaban J connectivity index is 2.16. The van der Waals surface area contributed by atoms with Gasteiger partial charge in [0.25, 0.3) is 10.0 Å². The zero-order valence-electron chi connectivity index (χ0n) is 11.6. The van der Waals surface area contributed by atoms with Gasteiger partial charge in [-0.3, -0.25) is 4.72 Å². The molecule has 0 amide bonds. The van der Waals surface area contributed by atoms with E-state index in [9.17, 15) is 8.42 Å². The van der Waals surface area contributed by atoms with Crippen LogP contribution in [0.25, 0.3) is 0 Å². The van der Waals surface area contributed by atoms with E-state index in [1.807, 2.05) is 17.5 Å². The van der Waals surface area contributed by atoms with Crippen molar-refractivity contribution in [3.05, 3.63) is 44.2 Å². The molecule has 2 rings (SSSR count). The van der Waals surface area contributed by atoms with Gasteiger partial charge >= 0.3 is 0 Å². The number of rotatable bonds is 7. The molecule has 4 nitrogen and oxygen atoms in total. The standard InChI is InChI=1S/C14H17IN2O2S2/c1-2-8-16-10-13-14(7-9-20-13)21(18,19)17-12-5-3-11(15)4-6-12/h3-7,9,16-17H,2,8,10H2,1H3. The van der Waals surface area contributed by atoms with E-state index in [0.717, 1.165) is 21.4 Å². The molecule has 0 aliphatic carbocycles. The molecule has 0 saturated heterocycles. The van der Waals surface area contributed by atoms with Gasteiger partial charge in [-0.1, -0.05) is 6.92 Å². The molecule has 0 bridgehead atoms. The Morgan fingerprint density at radius 1 is 1.19 bits per heavy atom. The van der Waals surface area contributed by atoms with E-state index < -0.39 is 10.0 Å². The fraction of sp³-hybridized carbons (Fsp3) is 0.286. The van der Waals surface area contributed by atoms with Crippen molar-refractivity contribution < 1.29 is 8.42 Å². The zero-order valence-corrected chi connectivity index (χ0v) is 15.4. The summed E-state index contributed by atoms with van der Waals surface area (Å²) in [5.41, 5.74) is 0.578. The summed E-state index contributed by atoms with van der Waals surface area (Å²) >= 11 is 3.64. The van der Waals surface area contributed by atoms with E-state index in [0.29, 0.717) is 17.1 Å². The van der Waals surface area contributed by atoms with Crippen LogP contribution >= 0.6 is 33.9 Å². The molecular formula is C14H17IN2O2S2. The van der Waals surface area contributed by atoms with Crippen LogP contribution in [0.3, 0.4) is 0 Å². The van der Waals surface area contributed by atoms with Crippen LogP contribution in [0.5, 0.6) is 0 Å². The largest absolute Gasteiger partial charge is 0.312 e. The molecule has 7 heteroatoms. The molecule has 0 unspecified atom stereocenters. The number of benzene rings is 1. The van der Waals surface area contributed by atoms with Crippen molar-refractivity contribution in [3.63, 3.8) is 0 Å². The third kappa shape index (κ3) is 4.67. The first-order chi connectivity index (χ1) is 10.0. The van der Waals surface area contributed by atoms with Crippen molar-refractivity contribution in [3.8, 4) is 0 Å². The first-order valence-electron chi connectivity index (χ1n) is 6.58. The molecule has 114 valence electrons. The summed E-state index contributed by atoms with van der Waals surface area (Å²) in [5, 5.41) is 5.05. The predicted octanol–water partition coefficient (Wildman–Crippen LogP) is 3.65. The number of nitrogens with one attached hydrogen (secondary N) is 2. The molecule has 1 aromatic carbocycles. The molecular weight excluding hydrogens is 419 g/mol. The molecule has 0 aliphatic heterocycles. The summed E-state index contributed by atoms with van der Waals surface area (Å²) < 4.78 is 28.6. The Bertz CT molecular complexity index is 681. The van der Waals surface area contributed by atoms with Crippen LogP contribution in [0.2, 0.25) is 0 Å². The van der Waals surface area contributed by atoms with E-state index in [1.54, 1.807) is 18.2 Å². The van der Waals surface area contributed by atoms with Crippen LogP contribution in [-0.4, -0.2) is 15.0 Å². The highest BCUT2D eigenvalue weighted by molar-refractivity contribution is 14.1. The Labute approximate surface area is 143 Å². The summed E-state index contributed by atoms with van der Waals surface area (Å²) in [6.07, 6.45) is 1.02. The van der Waals surface area contributed by atoms with Crippen molar-refractivity contribution in [2.24, 2.45) is 0 Å². The van der Waals surface area contributed by atoms with Gasteiger partial charge in [0.1, 0.15) is 4.90 Å². The summed E-state index contributed by atoms with van der Waals surface area (Å²) in [7, 11) is -3.53. The highest BCUT2D eigenvalue weighted by Gasteiger charge is 2.19. The summed E-state index contributed by atoms with van der Waals surface area (Å²) in [5.74, 6) is 0. The maximum Gasteiger partial charge on any atom is 0.263 e. The molecule has 2 aromatic rings. The van der Waals surface area contributed by atoms with Gasteiger partial charge in [-0.15, -0.1) is 11.3 Å². The lowest BCUT2D eigenvalue weighted by Gasteiger charge is -2.09. The summed E-state index contributed by atoms with van der Waals surface area (Å²) in [6.45, 7) is 3.54. The van der Waals surface area contributed by atoms with E-state index >= 15 is 0 Å². The SMILES string of the molecule is CCCNCc1sccc1S(=O)(=O)Nc1ccc(I)cc1. The Hall–Kier alpha value is -0.640. The van der Waals surface area contributed by atoms with Crippen LogP contribution < -0.4 is 10.0 Å². The second-order valence-electron chi connectivity index (χ2n) is 4.50. The van der Waals surface area contributed by atoms with E-state index in [2.05, 4.69) is 39.6 Å². The fourth-order valence-corrected chi connectivity index (χ4v) is 4.64. The fourth-order valence-electron chi connectivity index (χ4n) is 1.80. The van der Waals surface area contributed by atoms with Gasteiger partial charge in [0.15, 0.2) is 0 Å². The summed E-state index contributed by atoms with van der Waals surface area (Å²) in [6, 6.07) is 8.93. The molecule has 1 aromatic heterocycles. The number of sulfonamides is 1. The minimum absolute atomic E-state index is 0.356. The van der Waals surface area contributed by atoms with Crippen LogP contribution in [0.4, 0.5) is 5.69 Å². The van der Waals surface area contributed by atoms with Crippen LogP contribution in [0, 0.1) is 3.57 Å². The van der Waals surface area contributed by atoms with Gasteiger partial charge in [0, 0.05) is 20.7 Å².